The van der Waals surface area contributed by atoms with Gasteiger partial charge in [-0.05, 0) is 25.0 Å². The average molecular weight is 356 g/mol. The zero-order valence-electron chi connectivity index (χ0n) is 14.8. The molecule has 0 radical (unpaired) electrons. The Kier molecular flexibility index (Phi) is 5.62. The lowest BCUT2D eigenvalue weighted by Gasteiger charge is -2.36. The smallest absolute Gasteiger partial charge is 0.213 e. The summed E-state index contributed by atoms with van der Waals surface area (Å²) >= 11 is 0. The molecule has 0 amide bonds. The van der Waals surface area contributed by atoms with Gasteiger partial charge >= 0.3 is 0 Å². The van der Waals surface area contributed by atoms with Crippen molar-refractivity contribution in [3.8, 4) is 11.8 Å². The van der Waals surface area contributed by atoms with Gasteiger partial charge in [0.2, 0.25) is 11.8 Å². The maximum atomic E-state index is 5.73. The molecule has 2 unspecified atom stereocenters. The van der Waals surface area contributed by atoms with Gasteiger partial charge in [-0.3, -0.25) is 0 Å². The number of nitrogens with zero attached hydrogens (tertiary/aromatic N) is 2. The lowest BCUT2D eigenvalue weighted by Crippen LogP contribution is -2.24. The number of hydrogen-bond donors (Lipinski definition) is 0. The minimum absolute atomic E-state index is 0.375. The molecule has 2 aromatic rings. The standard InChI is InChI=1S/C20H24N2O4/c1-3-17-15-7-8-16(15)18-4-2-6-20(22-18)26-14-12-24-10-9-23-11-13-25-19(5-1)21-17/h1-6,15-16H,7-14H2. The predicted octanol–water partition coefficient (Wildman–Crippen LogP) is 2.94. The SMILES string of the molecule is c1cc2nc(c1)C1CCC1c1cccc(n1)OCCOCCOCCO2. The molecule has 1 fully saturated rings. The van der Waals surface area contributed by atoms with Crippen LogP contribution in [0.15, 0.2) is 36.4 Å². The molecule has 0 spiro atoms. The van der Waals surface area contributed by atoms with Crippen LogP contribution in [0, 0.1) is 0 Å². The van der Waals surface area contributed by atoms with Gasteiger partial charge in [0.15, 0.2) is 0 Å². The molecule has 3 heterocycles. The summed E-state index contributed by atoms with van der Waals surface area (Å²) < 4.78 is 22.5. The Morgan fingerprint density at radius 1 is 0.615 bits per heavy atom. The quantitative estimate of drug-likeness (QED) is 0.723. The topological polar surface area (TPSA) is 62.7 Å². The highest BCUT2D eigenvalue weighted by Gasteiger charge is 2.35. The Morgan fingerprint density at radius 3 is 1.54 bits per heavy atom. The van der Waals surface area contributed by atoms with Gasteiger partial charge in [0.05, 0.1) is 26.4 Å². The van der Waals surface area contributed by atoms with E-state index in [4.69, 9.17) is 28.9 Å². The second kappa shape index (κ2) is 8.47. The number of aromatic nitrogens is 2. The van der Waals surface area contributed by atoms with E-state index in [0.717, 1.165) is 24.2 Å². The van der Waals surface area contributed by atoms with Crippen molar-refractivity contribution in [3.63, 3.8) is 0 Å². The van der Waals surface area contributed by atoms with Gasteiger partial charge in [0.1, 0.15) is 13.2 Å². The molecular weight excluding hydrogens is 332 g/mol. The molecule has 2 aromatic heterocycles. The van der Waals surface area contributed by atoms with Crippen molar-refractivity contribution in [3.05, 3.63) is 47.8 Å². The monoisotopic (exact) mass is 356 g/mol. The minimum atomic E-state index is 0.375. The Bertz CT molecular complexity index is 663. The molecule has 4 rings (SSSR count). The Morgan fingerprint density at radius 2 is 1.08 bits per heavy atom. The van der Waals surface area contributed by atoms with E-state index in [2.05, 4.69) is 12.1 Å². The van der Waals surface area contributed by atoms with Crippen molar-refractivity contribution in [2.45, 2.75) is 24.7 Å². The van der Waals surface area contributed by atoms with Crippen LogP contribution in [-0.4, -0.2) is 49.6 Å². The summed E-state index contributed by atoms with van der Waals surface area (Å²) in [6.07, 6.45) is 2.23. The van der Waals surface area contributed by atoms with Crippen LogP contribution in [0.5, 0.6) is 11.8 Å². The third-order valence-corrected chi connectivity index (χ3v) is 4.85. The maximum absolute atomic E-state index is 5.73. The van der Waals surface area contributed by atoms with Crippen LogP contribution >= 0.6 is 0 Å². The number of ether oxygens (including phenoxy) is 4. The minimum Gasteiger partial charge on any atom is -0.475 e. The van der Waals surface area contributed by atoms with Crippen LogP contribution in [-0.2, 0) is 9.47 Å². The zero-order chi connectivity index (χ0) is 17.6. The van der Waals surface area contributed by atoms with Gasteiger partial charge in [-0.1, -0.05) is 12.1 Å². The fourth-order valence-corrected chi connectivity index (χ4v) is 3.38. The summed E-state index contributed by atoms with van der Waals surface area (Å²) in [5, 5.41) is 0. The van der Waals surface area contributed by atoms with Crippen LogP contribution in [0.1, 0.15) is 36.1 Å². The van der Waals surface area contributed by atoms with Gasteiger partial charge < -0.3 is 18.9 Å². The van der Waals surface area contributed by atoms with E-state index in [0.29, 0.717) is 63.2 Å². The van der Waals surface area contributed by atoms with E-state index < -0.39 is 0 Å². The molecule has 6 nitrogen and oxygen atoms in total. The summed E-state index contributed by atoms with van der Waals surface area (Å²) in [5.41, 5.74) is 2.14. The number of hydrogen-bond acceptors (Lipinski definition) is 6. The van der Waals surface area contributed by atoms with E-state index >= 15 is 0 Å². The van der Waals surface area contributed by atoms with Crippen LogP contribution in [0.25, 0.3) is 0 Å². The largest absolute Gasteiger partial charge is 0.475 e. The third kappa shape index (κ3) is 4.14. The number of rotatable bonds is 0. The molecular formula is C20H24N2O4. The molecule has 1 aliphatic heterocycles. The predicted molar refractivity (Wildman–Crippen MR) is 95.8 cm³/mol. The fourth-order valence-electron chi connectivity index (χ4n) is 3.38. The Balaban J connectivity index is 1.54. The highest BCUT2D eigenvalue weighted by molar-refractivity contribution is 5.28. The van der Waals surface area contributed by atoms with E-state index in [1.54, 1.807) is 0 Å². The number of pyridine rings is 2. The van der Waals surface area contributed by atoms with Crippen molar-refractivity contribution in [1.29, 1.82) is 0 Å². The fraction of sp³-hybridized carbons (Fsp3) is 0.500. The van der Waals surface area contributed by atoms with Crippen molar-refractivity contribution in [2.24, 2.45) is 0 Å². The van der Waals surface area contributed by atoms with E-state index in [1.807, 2.05) is 24.3 Å². The molecule has 138 valence electrons. The van der Waals surface area contributed by atoms with Gasteiger partial charge in [0.25, 0.3) is 0 Å². The van der Waals surface area contributed by atoms with E-state index in [-0.39, 0.29) is 0 Å². The summed E-state index contributed by atoms with van der Waals surface area (Å²) in [4.78, 5) is 9.39. The Labute approximate surface area is 153 Å². The molecule has 6 heteroatoms. The lowest BCUT2D eigenvalue weighted by atomic mass is 9.70. The first kappa shape index (κ1) is 17.2. The van der Waals surface area contributed by atoms with Crippen LogP contribution in [0.4, 0.5) is 0 Å². The van der Waals surface area contributed by atoms with Gasteiger partial charge in [-0.15, -0.1) is 0 Å². The average Bonchev–Trinajstić information content (AvgIpc) is 2.62. The molecule has 4 bridgehead atoms. The van der Waals surface area contributed by atoms with Crippen LogP contribution < -0.4 is 9.47 Å². The number of fused-ring (bicyclic) bond motifs is 7. The molecule has 2 aliphatic rings. The lowest BCUT2D eigenvalue weighted by molar-refractivity contribution is 0.0264. The highest BCUT2D eigenvalue weighted by atomic mass is 16.6. The molecule has 1 aliphatic carbocycles. The van der Waals surface area contributed by atoms with Gasteiger partial charge in [-0.25, -0.2) is 9.97 Å². The van der Waals surface area contributed by atoms with Crippen molar-refractivity contribution >= 4 is 0 Å². The summed E-state index contributed by atoms with van der Waals surface area (Å²) in [7, 11) is 0. The summed E-state index contributed by atoms with van der Waals surface area (Å²) in [6, 6.07) is 12.0. The summed E-state index contributed by atoms with van der Waals surface area (Å²) in [5.74, 6) is 2.05. The molecule has 0 saturated heterocycles. The first-order valence-electron chi connectivity index (χ1n) is 9.25. The molecule has 2 atom stereocenters. The maximum Gasteiger partial charge on any atom is 0.213 e. The van der Waals surface area contributed by atoms with Crippen molar-refractivity contribution < 1.29 is 18.9 Å². The second-order valence-electron chi connectivity index (χ2n) is 6.51. The molecule has 1 saturated carbocycles. The van der Waals surface area contributed by atoms with E-state index in [9.17, 15) is 0 Å². The van der Waals surface area contributed by atoms with Crippen molar-refractivity contribution in [2.75, 3.05) is 39.6 Å². The molecule has 26 heavy (non-hydrogen) atoms. The van der Waals surface area contributed by atoms with E-state index in [1.165, 1.54) is 0 Å². The first-order valence-corrected chi connectivity index (χ1v) is 9.25. The normalized spacial score (nSPS) is 24.0. The van der Waals surface area contributed by atoms with Crippen LogP contribution in [0.2, 0.25) is 0 Å². The Hall–Kier alpha value is -2.18. The second-order valence-corrected chi connectivity index (χ2v) is 6.51. The third-order valence-electron chi connectivity index (χ3n) is 4.85. The summed E-state index contributed by atoms with van der Waals surface area (Å²) in [6.45, 7) is 3.08. The first-order chi connectivity index (χ1) is 12.9. The van der Waals surface area contributed by atoms with Crippen molar-refractivity contribution in [1.82, 2.24) is 9.97 Å². The van der Waals surface area contributed by atoms with Crippen LogP contribution in [0.3, 0.4) is 0 Å². The highest BCUT2D eigenvalue weighted by Crippen LogP contribution is 2.48. The van der Waals surface area contributed by atoms with Gasteiger partial charge in [-0.2, -0.15) is 0 Å². The molecule has 0 aromatic carbocycles. The molecule has 0 N–H and O–H groups in total. The zero-order valence-corrected chi connectivity index (χ0v) is 14.8. The van der Waals surface area contributed by atoms with Gasteiger partial charge in [0, 0.05) is 35.4 Å².